The number of fused-ring (bicyclic) bond motifs is 1. The Hall–Kier alpha value is -0.910. The molecule has 0 aliphatic heterocycles. The molecule has 2 aromatic heterocycles. The zero-order chi connectivity index (χ0) is 14.2. The summed E-state index contributed by atoms with van der Waals surface area (Å²) in [5.74, 6) is 0.769. The first-order chi connectivity index (χ1) is 8.89. The van der Waals surface area contributed by atoms with E-state index in [1.165, 1.54) is 4.88 Å². The van der Waals surface area contributed by atoms with Crippen LogP contribution < -0.4 is 4.90 Å². The molecule has 0 fully saturated rings. The van der Waals surface area contributed by atoms with Gasteiger partial charge in [-0.3, -0.25) is 0 Å². The number of aryl methyl sites for hydroxylation is 1. The molecule has 0 radical (unpaired) electrons. The standard InChI is InChI=1S/C13H18ClN3OS/c1-5-8-6-9-10(17(4)13(2,3)7-18)15-12(14)16-11(9)19-8/h6,18H,5,7H2,1-4H3. The number of hydrogen-bond acceptors (Lipinski definition) is 5. The van der Waals surface area contributed by atoms with Crippen LogP contribution in [0.1, 0.15) is 25.6 Å². The summed E-state index contributed by atoms with van der Waals surface area (Å²) in [5.41, 5.74) is -0.404. The third kappa shape index (κ3) is 2.68. The van der Waals surface area contributed by atoms with Crippen LogP contribution in [0.2, 0.25) is 5.28 Å². The Balaban J connectivity index is 2.61. The van der Waals surface area contributed by atoms with E-state index in [1.54, 1.807) is 11.3 Å². The van der Waals surface area contributed by atoms with E-state index >= 15 is 0 Å². The maximum atomic E-state index is 9.50. The van der Waals surface area contributed by atoms with Crippen LogP contribution in [0.25, 0.3) is 10.2 Å². The molecule has 0 saturated carbocycles. The molecule has 0 aromatic carbocycles. The number of rotatable bonds is 4. The third-order valence-corrected chi connectivity index (χ3v) is 4.70. The van der Waals surface area contributed by atoms with Gasteiger partial charge in [-0.15, -0.1) is 11.3 Å². The average Bonchev–Trinajstić information content (AvgIpc) is 2.79. The fourth-order valence-corrected chi connectivity index (χ4v) is 2.93. The van der Waals surface area contributed by atoms with Gasteiger partial charge in [0, 0.05) is 11.9 Å². The van der Waals surface area contributed by atoms with Crippen molar-refractivity contribution in [3.63, 3.8) is 0 Å². The summed E-state index contributed by atoms with van der Waals surface area (Å²) in [4.78, 5) is 12.7. The molecule has 0 saturated heterocycles. The van der Waals surface area contributed by atoms with Gasteiger partial charge in [0.25, 0.3) is 0 Å². The molecule has 0 aliphatic rings. The fourth-order valence-electron chi connectivity index (χ4n) is 1.75. The van der Waals surface area contributed by atoms with Gasteiger partial charge in [-0.2, -0.15) is 4.98 Å². The van der Waals surface area contributed by atoms with E-state index in [9.17, 15) is 5.11 Å². The van der Waals surface area contributed by atoms with Gasteiger partial charge in [0.1, 0.15) is 10.6 Å². The molecule has 0 unspecified atom stereocenters. The Morgan fingerprint density at radius 1 is 1.42 bits per heavy atom. The van der Waals surface area contributed by atoms with Crippen molar-refractivity contribution >= 4 is 39.0 Å². The quantitative estimate of drug-likeness (QED) is 0.881. The molecule has 0 aliphatic carbocycles. The minimum Gasteiger partial charge on any atom is -0.394 e. The molecule has 2 heterocycles. The van der Waals surface area contributed by atoms with Crippen LogP contribution in [0.4, 0.5) is 5.82 Å². The molecular formula is C13H18ClN3OS. The highest BCUT2D eigenvalue weighted by atomic mass is 35.5. The molecule has 0 spiro atoms. The lowest BCUT2D eigenvalue weighted by Crippen LogP contribution is -2.44. The number of hydrogen-bond donors (Lipinski definition) is 1. The summed E-state index contributed by atoms with van der Waals surface area (Å²) in [6, 6.07) is 2.11. The lowest BCUT2D eigenvalue weighted by Gasteiger charge is -2.35. The van der Waals surface area contributed by atoms with Crippen LogP contribution in [0.3, 0.4) is 0 Å². The number of likely N-dealkylation sites (N-methyl/N-ethyl adjacent to an activating group) is 1. The second-order valence-corrected chi connectivity index (χ2v) is 6.58. The van der Waals surface area contributed by atoms with Crippen LogP contribution in [0.15, 0.2) is 6.07 Å². The highest BCUT2D eigenvalue weighted by Crippen LogP contribution is 2.34. The van der Waals surface area contributed by atoms with Gasteiger partial charge in [-0.25, -0.2) is 4.98 Å². The minimum absolute atomic E-state index is 0.0391. The number of aliphatic hydroxyl groups excluding tert-OH is 1. The molecule has 19 heavy (non-hydrogen) atoms. The van der Waals surface area contributed by atoms with E-state index in [-0.39, 0.29) is 11.9 Å². The van der Waals surface area contributed by atoms with Gasteiger partial charge < -0.3 is 10.0 Å². The summed E-state index contributed by atoms with van der Waals surface area (Å²) in [6.45, 7) is 6.07. The lowest BCUT2D eigenvalue weighted by molar-refractivity contribution is 0.216. The highest BCUT2D eigenvalue weighted by molar-refractivity contribution is 7.18. The van der Waals surface area contributed by atoms with E-state index in [0.717, 1.165) is 22.5 Å². The van der Waals surface area contributed by atoms with E-state index in [0.29, 0.717) is 0 Å². The SMILES string of the molecule is CCc1cc2c(N(C)C(C)(C)CO)nc(Cl)nc2s1. The molecule has 2 rings (SSSR count). The van der Waals surface area contributed by atoms with Crippen molar-refractivity contribution in [2.75, 3.05) is 18.6 Å². The summed E-state index contributed by atoms with van der Waals surface area (Å²) < 4.78 is 0. The number of nitrogens with zero attached hydrogens (tertiary/aromatic N) is 3. The zero-order valence-corrected chi connectivity index (χ0v) is 13.1. The van der Waals surface area contributed by atoms with E-state index < -0.39 is 5.54 Å². The summed E-state index contributed by atoms with van der Waals surface area (Å²) >= 11 is 7.65. The fraction of sp³-hybridized carbons (Fsp3) is 0.538. The Bertz CT molecular complexity index is 597. The maximum Gasteiger partial charge on any atom is 0.225 e. The normalized spacial score (nSPS) is 12.1. The number of aromatic nitrogens is 2. The number of anilines is 1. The molecule has 0 amide bonds. The maximum absolute atomic E-state index is 9.50. The minimum atomic E-state index is -0.404. The molecule has 104 valence electrons. The molecule has 4 nitrogen and oxygen atoms in total. The second-order valence-electron chi connectivity index (χ2n) is 5.13. The highest BCUT2D eigenvalue weighted by Gasteiger charge is 2.26. The summed E-state index contributed by atoms with van der Waals surface area (Å²) in [6.07, 6.45) is 0.963. The second kappa shape index (κ2) is 5.23. The predicted octanol–water partition coefficient (Wildman–Crippen LogP) is 3.11. The zero-order valence-electron chi connectivity index (χ0n) is 11.6. The Labute approximate surface area is 122 Å². The number of thiophene rings is 1. The van der Waals surface area contributed by atoms with Crippen LogP contribution in [-0.2, 0) is 6.42 Å². The predicted molar refractivity (Wildman–Crippen MR) is 81.4 cm³/mol. The Morgan fingerprint density at radius 2 is 2.11 bits per heavy atom. The number of halogens is 1. The van der Waals surface area contributed by atoms with Crippen molar-refractivity contribution < 1.29 is 5.11 Å². The molecule has 0 bridgehead atoms. The van der Waals surface area contributed by atoms with Gasteiger partial charge in [0.2, 0.25) is 5.28 Å². The van der Waals surface area contributed by atoms with Crippen molar-refractivity contribution in [3.05, 3.63) is 16.2 Å². The molecule has 2 aromatic rings. The Kier molecular flexibility index (Phi) is 3.99. The van der Waals surface area contributed by atoms with E-state index in [4.69, 9.17) is 11.6 Å². The van der Waals surface area contributed by atoms with E-state index in [2.05, 4.69) is 23.0 Å². The Morgan fingerprint density at radius 3 is 2.68 bits per heavy atom. The van der Waals surface area contributed by atoms with Gasteiger partial charge >= 0.3 is 0 Å². The lowest BCUT2D eigenvalue weighted by atomic mass is 10.1. The summed E-state index contributed by atoms with van der Waals surface area (Å²) in [5, 5.41) is 10.7. The smallest absolute Gasteiger partial charge is 0.225 e. The largest absolute Gasteiger partial charge is 0.394 e. The van der Waals surface area contributed by atoms with Crippen LogP contribution in [-0.4, -0.2) is 34.3 Å². The van der Waals surface area contributed by atoms with Gasteiger partial charge in [-0.05, 0) is 37.9 Å². The first kappa shape index (κ1) is 14.5. The van der Waals surface area contributed by atoms with Crippen molar-refractivity contribution in [1.82, 2.24) is 9.97 Å². The summed E-state index contributed by atoms with van der Waals surface area (Å²) in [7, 11) is 1.91. The molecule has 1 N–H and O–H groups in total. The molecule has 6 heteroatoms. The average molecular weight is 300 g/mol. The van der Waals surface area contributed by atoms with Gasteiger partial charge in [0.15, 0.2) is 0 Å². The van der Waals surface area contributed by atoms with Crippen molar-refractivity contribution in [2.45, 2.75) is 32.7 Å². The first-order valence-corrected chi connectivity index (χ1v) is 7.39. The van der Waals surface area contributed by atoms with Gasteiger partial charge in [0.05, 0.1) is 17.5 Å². The molecule has 0 atom stereocenters. The first-order valence-electron chi connectivity index (χ1n) is 6.19. The van der Waals surface area contributed by atoms with Gasteiger partial charge in [-0.1, -0.05) is 6.92 Å². The molecular weight excluding hydrogens is 282 g/mol. The van der Waals surface area contributed by atoms with E-state index in [1.807, 2.05) is 25.8 Å². The topological polar surface area (TPSA) is 49.2 Å². The van der Waals surface area contributed by atoms with Crippen LogP contribution in [0, 0.1) is 0 Å². The van der Waals surface area contributed by atoms with Crippen molar-refractivity contribution in [1.29, 1.82) is 0 Å². The van der Waals surface area contributed by atoms with Crippen molar-refractivity contribution in [2.24, 2.45) is 0 Å². The van der Waals surface area contributed by atoms with Crippen molar-refractivity contribution in [3.8, 4) is 0 Å². The van der Waals surface area contributed by atoms with Crippen LogP contribution in [0.5, 0.6) is 0 Å². The number of aliphatic hydroxyl groups is 1. The monoisotopic (exact) mass is 299 g/mol. The van der Waals surface area contributed by atoms with Crippen LogP contribution >= 0.6 is 22.9 Å². The third-order valence-electron chi connectivity index (χ3n) is 3.36.